The molecule has 3 aliphatic rings. The Hall–Kier alpha value is -1.86. The Morgan fingerprint density at radius 2 is 1.70 bits per heavy atom. The molecule has 0 atom stereocenters. The molecule has 6 nitrogen and oxygen atoms in total. The number of hydrogen-bond donors (Lipinski definition) is 1. The first-order valence-electron chi connectivity index (χ1n) is 11.4. The fourth-order valence-electron chi connectivity index (χ4n) is 4.72. The van der Waals surface area contributed by atoms with Gasteiger partial charge in [0.15, 0.2) is 0 Å². The molecule has 0 spiro atoms. The average molecular weight is 432 g/mol. The van der Waals surface area contributed by atoms with Crippen LogP contribution in [-0.2, 0) is 10.0 Å². The molecular weight excluding hydrogens is 398 g/mol. The third kappa shape index (κ3) is 4.72. The zero-order valence-electron chi connectivity index (χ0n) is 17.7. The molecule has 1 aromatic carbocycles. The van der Waals surface area contributed by atoms with Crippen LogP contribution >= 0.6 is 0 Å². The van der Waals surface area contributed by atoms with Gasteiger partial charge in [-0.15, -0.1) is 0 Å². The fraction of sp³-hybridized carbons (Fsp3) is 0.609. The molecule has 2 heterocycles. The van der Waals surface area contributed by atoms with Crippen LogP contribution in [0, 0.1) is 0 Å². The van der Waals surface area contributed by atoms with E-state index in [0.717, 1.165) is 63.7 Å². The molecule has 4 rings (SSSR count). The van der Waals surface area contributed by atoms with Crippen molar-refractivity contribution in [2.75, 3.05) is 37.6 Å². The van der Waals surface area contributed by atoms with Gasteiger partial charge in [0, 0.05) is 38.3 Å². The predicted molar refractivity (Wildman–Crippen MR) is 119 cm³/mol. The van der Waals surface area contributed by atoms with E-state index in [1.54, 1.807) is 16.4 Å². The number of allylic oxidation sites excluding steroid dienone is 1. The zero-order chi connectivity index (χ0) is 21.0. The van der Waals surface area contributed by atoms with E-state index in [2.05, 4.69) is 16.3 Å². The van der Waals surface area contributed by atoms with Crippen LogP contribution in [-0.4, -0.2) is 51.4 Å². The Morgan fingerprint density at radius 1 is 0.967 bits per heavy atom. The highest BCUT2D eigenvalue weighted by Crippen LogP contribution is 2.32. The van der Waals surface area contributed by atoms with Gasteiger partial charge in [-0.2, -0.15) is 4.31 Å². The quantitative estimate of drug-likeness (QED) is 0.669. The minimum Gasteiger partial charge on any atom is -0.370 e. The summed E-state index contributed by atoms with van der Waals surface area (Å²) in [5, 5.41) is 2.98. The molecule has 2 saturated heterocycles. The summed E-state index contributed by atoms with van der Waals surface area (Å²) in [6, 6.07) is 5.19. The van der Waals surface area contributed by atoms with Crippen LogP contribution in [0.1, 0.15) is 68.1 Å². The van der Waals surface area contributed by atoms with Crippen molar-refractivity contribution in [2.24, 2.45) is 0 Å². The van der Waals surface area contributed by atoms with Gasteiger partial charge in [-0.05, 0) is 76.0 Å². The molecule has 0 radical (unpaired) electrons. The van der Waals surface area contributed by atoms with Crippen molar-refractivity contribution in [3.05, 3.63) is 35.4 Å². The second-order valence-electron chi connectivity index (χ2n) is 8.60. The number of rotatable bonds is 7. The number of anilines is 1. The molecule has 1 amide bonds. The maximum Gasteiger partial charge on any atom is 0.251 e. The van der Waals surface area contributed by atoms with Gasteiger partial charge in [-0.3, -0.25) is 4.79 Å². The van der Waals surface area contributed by atoms with Crippen molar-refractivity contribution in [3.8, 4) is 0 Å². The Morgan fingerprint density at radius 3 is 2.40 bits per heavy atom. The SMILES string of the molecule is O=C(NCCC1=CCCCC1)c1ccc(N2CCCC2)c(S(=O)(=O)N2CCCC2)c1. The van der Waals surface area contributed by atoms with Crippen LogP contribution < -0.4 is 10.2 Å². The van der Waals surface area contributed by atoms with Gasteiger partial charge in [0.1, 0.15) is 4.90 Å². The van der Waals surface area contributed by atoms with Gasteiger partial charge < -0.3 is 10.2 Å². The molecule has 164 valence electrons. The lowest BCUT2D eigenvalue weighted by Crippen LogP contribution is -2.31. The zero-order valence-corrected chi connectivity index (χ0v) is 18.6. The smallest absolute Gasteiger partial charge is 0.251 e. The van der Waals surface area contributed by atoms with Crippen LogP contribution in [0.3, 0.4) is 0 Å². The molecule has 7 heteroatoms. The normalized spacial score (nSPS) is 20.4. The highest BCUT2D eigenvalue weighted by Gasteiger charge is 2.32. The number of nitrogens with zero attached hydrogens (tertiary/aromatic N) is 2. The lowest BCUT2D eigenvalue weighted by Gasteiger charge is -2.24. The van der Waals surface area contributed by atoms with Crippen LogP contribution in [0.4, 0.5) is 5.69 Å². The molecule has 0 unspecified atom stereocenters. The average Bonchev–Trinajstić information content (AvgIpc) is 3.48. The largest absolute Gasteiger partial charge is 0.370 e. The van der Waals surface area contributed by atoms with Crippen LogP contribution in [0.2, 0.25) is 0 Å². The van der Waals surface area contributed by atoms with E-state index >= 15 is 0 Å². The third-order valence-corrected chi connectivity index (χ3v) is 8.40. The van der Waals surface area contributed by atoms with Crippen molar-refractivity contribution in [1.29, 1.82) is 0 Å². The van der Waals surface area contributed by atoms with E-state index < -0.39 is 10.0 Å². The molecule has 2 fully saturated rings. The van der Waals surface area contributed by atoms with E-state index in [1.807, 2.05) is 6.07 Å². The summed E-state index contributed by atoms with van der Waals surface area (Å²) < 4.78 is 28.3. The predicted octanol–water partition coefficient (Wildman–Crippen LogP) is 3.69. The van der Waals surface area contributed by atoms with Crippen LogP contribution in [0.15, 0.2) is 34.7 Å². The minimum absolute atomic E-state index is 0.197. The number of sulfonamides is 1. The maximum atomic E-state index is 13.4. The van der Waals surface area contributed by atoms with Crippen molar-refractivity contribution in [1.82, 2.24) is 9.62 Å². The number of hydrogen-bond acceptors (Lipinski definition) is 4. The molecule has 2 aliphatic heterocycles. The highest BCUT2D eigenvalue weighted by molar-refractivity contribution is 7.89. The summed E-state index contributed by atoms with van der Waals surface area (Å²) in [6.07, 6.45) is 11.9. The van der Waals surface area contributed by atoms with E-state index in [0.29, 0.717) is 25.2 Å². The molecule has 1 N–H and O–H groups in total. The summed E-state index contributed by atoms with van der Waals surface area (Å²) in [4.78, 5) is 15.2. The number of benzene rings is 1. The Bertz CT molecular complexity index is 898. The summed E-state index contributed by atoms with van der Waals surface area (Å²) in [7, 11) is -3.60. The second-order valence-corrected chi connectivity index (χ2v) is 10.5. The van der Waals surface area contributed by atoms with Crippen molar-refractivity contribution in [3.63, 3.8) is 0 Å². The molecule has 0 aromatic heterocycles. The molecule has 1 aromatic rings. The number of carbonyl (C=O) groups is 1. The van der Waals surface area contributed by atoms with Gasteiger partial charge >= 0.3 is 0 Å². The number of nitrogens with one attached hydrogen (secondary N) is 1. The number of amides is 1. The van der Waals surface area contributed by atoms with Crippen molar-refractivity contribution >= 4 is 21.6 Å². The van der Waals surface area contributed by atoms with Gasteiger partial charge in [-0.1, -0.05) is 11.6 Å². The standard InChI is InChI=1S/C23H33N3O3S/c27-23(24-13-12-19-8-2-1-3-9-19)20-10-11-21(25-14-4-5-15-25)22(18-20)30(28,29)26-16-6-7-17-26/h8,10-11,18H,1-7,9,12-17H2,(H,24,27). The first-order chi connectivity index (χ1) is 14.6. The van der Waals surface area contributed by atoms with E-state index in [9.17, 15) is 13.2 Å². The van der Waals surface area contributed by atoms with Crippen LogP contribution in [0.5, 0.6) is 0 Å². The first kappa shape index (κ1) is 21.4. The molecule has 1 aliphatic carbocycles. The Kier molecular flexibility index (Phi) is 6.78. The Balaban J connectivity index is 1.53. The molecule has 30 heavy (non-hydrogen) atoms. The second kappa shape index (κ2) is 9.52. The lowest BCUT2D eigenvalue weighted by molar-refractivity contribution is 0.0954. The summed E-state index contributed by atoms with van der Waals surface area (Å²) >= 11 is 0. The third-order valence-electron chi connectivity index (χ3n) is 6.47. The van der Waals surface area contributed by atoms with Gasteiger partial charge in [0.25, 0.3) is 5.91 Å². The highest BCUT2D eigenvalue weighted by atomic mass is 32.2. The van der Waals surface area contributed by atoms with E-state index in [4.69, 9.17) is 0 Å². The summed E-state index contributed by atoms with van der Waals surface area (Å²) in [5.41, 5.74) is 2.58. The topological polar surface area (TPSA) is 69.7 Å². The molecular formula is C23H33N3O3S. The minimum atomic E-state index is -3.60. The lowest BCUT2D eigenvalue weighted by atomic mass is 9.97. The van der Waals surface area contributed by atoms with Crippen molar-refractivity contribution < 1.29 is 13.2 Å². The maximum absolute atomic E-state index is 13.4. The summed E-state index contributed by atoms with van der Waals surface area (Å²) in [6.45, 7) is 3.44. The van der Waals surface area contributed by atoms with Crippen LogP contribution in [0.25, 0.3) is 0 Å². The molecule has 0 saturated carbocycles. The Labute approximate surface area is 180 Å². The monoisotopic (exact) mass is 431 g/mol. The summed E-state index contributed by atoms with van der Waals surface area (Å²) in [5.74, 6) is -0.197. The van der Waals surface area contributed by atoms with Gasteiger partial charge in [0.05, 0.1) is 5.69 Å². The van der Waals surface area contributed by atoms with Gasteiger partial charge in [-0.25, -0.2) is 8.42 Å². The molecule has 0 bridgehead atoms. The van der Waals surface area contributed by atoms with Gasteiger partial charge in [0.2, 0.25) is 10.0 Å². The van der Waals surface area contributed by atoms with E-state index in [1.165, 1.54) is 18.4 Å². The first-order valence-corrected chi connectivity index (χ1v) is 12.8. The van der Waals surface area contributed by atoms with E-state index in [-0.39, 0.29) is 10.8 Å². The number of carbonyl (C=O) groups excluding carboxylic acids is 1. The van der Waals surface area contributed by atoms with Crippen molar-refractivity contribution in [2.45, 2.75) is 62.7 Å². The fourth-order valence-corrected chi connectivity index (χ4v) is 6.47.